The highest BCUT2D eigenvalue weighted by Gasteiger charge is 2.20. The van der Waals surface area contributed by atoms with E-state index >= 15 is 0 Å². The monoisotopic (exact) mass is 447 g/mol. The van der Waals surface area contributed by atoms with Crippen LogP contribution in [0.2, 0.25) is 0 Å². The normalized spacial score (nSPS) is 13.0. The fourth-order valence-electron chi connectivity index (χ4n) is 2.20. The van der Waals surface area contributed by atoms with E-state index in [9.17, 15) is 19.7 Å². The molecule has 0 atom stereocenters. The van der Waals surface area contributed by atoms with Gasteiger partial charge in [-0.3, -0.25) is 15.4 Å². The highest BCUT2D eigenvalue weighted by Crippen LogP contribution is 2.18. The maximum atomic E-state index is 12.4. The number of allylic oxidation sites excluding steroid dienone is 3. The summed E-state index contributed by atoms with van der Waals surface area (Å²) in [4.78, 5) is 38.4. The molecular formula is C19H25N7O6. The fraction of sp³-hybridized carbons (Fsp3) is 0.211. The first-order valence-electron chi connectivity index (χ1n) is 9.10. The number of nitrogens with zero attached hydrogens (tertiary/aromatic N) is 2. The second-order valence-corrected chi connectivity index (χ2v) is 5.97. The van der Waals surface area contributed by atoms with E-state index in [4.69, 9.17) is 26.7 Å². The van der Waals surface area contributed by atoms with Gasteiger partial charge in [-0.2, -0.15) is 4.99 Å². The summed E-state index contributed by atoms with van der Waals surface area (Å²) in [7, 11) is 1.36. The summed E-state index contributed by atoms with van der Waals surface area (Å²) in [6.45, 7) is 3.15. The van der Waals surface area contributed by atoms with Crippen LogP contribution in [0, 0.1) is 10.1 Å². The van der Waals surface area contributed by atoms with E-state index in [2.05, 4.69) is 15.6 Å². The van der Waals surface area contributed by atoms with Crippen LogP contribution in [0.4, 0.5) is 16.2 Å². The standard InChI is InChI=1S/C19H25N7O6/c1-4-32-18(27)16(11(2)23-12-5-7-13(8-6-12)26(29)30)17(22)25-19(28)24-14(20)9-10-15(21)31-3/h5-10,23H,4,20-21H2,1-3H3,(H3,22,24,25,28)/b14-9+,15-10+,16-11+. The van der Waals surface area contributed by atoms with Crippen LogP contribution in [0.1, 0.15) is 13.8 Å². The first-order chi connectivity index (χ1) is 15.1. The van der Waals surface area contributed by atoms with Crippen molar-refractivity contribution in [1.82, 2.24) is 5.32 Å². The van der Waals surface area contributed by atoms with Gasteiger partial charge in [-0.25, -0.2) is 9.59 Å². The predicted octanol–water partition coefficient (Wildman–Crippen LogP) is 1.16. The van der Waals surface area contributed by atoms with Crippen LogP contribution in [0.15, 0.2) is 64.4 Å². The van der Waals surface area contributed by atoms with Gasteiger partial charge in [0.1, 0.15) is 17.2 Å². The number of esters is 1. The zero-order valence-corrected chi connectivity index (χ0v) is 17.7. The van der Waals surface area contributed by atoms with Gasteiger partial charge in [-0.15, -0.1) is 0 Å². The van der Waals surface area contributed by atoms with Crippen molar-refractivity contribution in [2.45, 2.75) is 13.8 Å². The molecule has 1 rings (SSSR count). The van der Waals surface area contributed by atoms with Crippen molar-refractivity contribution < 1.29 is 24.0 Å². The molecule has 1 aromatic rings. The van der Waals surface area contributed by atoms with E-state index < -0.39 is 22.8 Å². The number of ether oxygens (including phenoxy) is 2. The number of aliphatic imine (C=N–C) groups is 1. The van der Waals surface area contributed by atoms with Gasteiger partial charge in [0, 0.05) is 29.6 Å². The van der Waals surface area contributed by atoms with Crippen molar-refractivity contribution in [1.29, 1.82) is 0 Å². The van der Waals surface area contributed by atoms with Gasteiger partial charge in [-0.05, 0) is 32.1 Å². The van der Waals surface area contributed by atoms with Crippen LogP contribution >= 0.6 is 0 Å². The maximum Gasteiger partial charge on any atom is 0.348 e. The van der Waals surface area contributed by atoms with Gasteiger partial charge in [0.15, 0.2) is 5.88 Å². The van der Waals surface area contributed by atoms with Crippen LogP contribution in [0.3, 0.4) is 0 Å². The van der Waals surface area contributed by atoms with E-state index in [0.717, 1.165) is 0 Å². The largest absolute Gasteiger partial charge is 0.483 e. The molecule has 13 nitrogen and oxygen atoms in total. The van der Waals surface area contributed by atoms with Crippen LogP contribution < -0.4 is 27.8 Å². The lowest BCUT2D eigenvalue weighted by Gasteiger charge is -2.13. The number of methoxy groups -OCH3 is 1. The molecule has 0 saturated heterocycles. The molecule has 13 heteroatoms. The number of benzene rings is 1. The average Bonchev–Trinajstić information content (AvgIpc) is 2.72. The van der Waals surface area contributed by atoms with Crippen LogP contribution in [0.5, 0.6) is 0 Å². The highest BCUT2D eigenvalue weighted by molar-refractivity contribution is 6.21. The van der Waals surface area contributed by atoms with Crippen LogP contribution in [-0.2, 0) is 14.3 Å². The van der Waals surface area contributed by atoms with Crippen molar-refractivity contribution in [3.8, 4) is 0 Å². The van der Waals surface area contributed by atoms with Crippen molar-refractivity contribution in [3.63, 3.8) is 0 Å². The number of hydrogen-bond acceptors (Lipinski definition) is 9. The third-order valence-corrected chi connectivity index (χ3v) is 3.66. The van der Waals surface area contributed by atoms with E-state index in [0.29, 0.717) is 5.69 Å². The Morgan fingerprint density at radius 2 is 1.81 bits per heavy atom. The number of nitrogens with one attached hydrogen (secondary N) is 2. The third-order valence-electron chi connectivity index (χ3n) is 3.66. The number of nitro benzene ring substituents is 1. The van der Waals surface area contributed by atoms with Crippen molar-refractivity contribution in [2.24, 2.45) is 22.2 Å². The van der Waals surface area contributed by atoms with E-state index in [1.165, 1.54) is 50.5 Å². The summed E-state index contributed by atoms with van der Waals surface area (Å²) in [6.07, 6.45) is 2.58. The fourth-order valence-corrected chi connectivity index (χ4v) is 2.20. The summed E-state index contributed by atoms with van der Waals surface area (Å²) < 4.78 is 9.71. The second kappa shape index (κ2) is 12.2. The Morgan fingerprint density at radius 3 is 2.34 bits per heavy atom. The number of amidine groups is 1. The lowest BCUT2D eigenvalue weighted by atomic mass is 10.2. The molecule has 0 aliphatic carbocycles. The Labute approximate surface area is 183 Å². The number of amides is 2. The number of carbonyl (C=O) groups excluding carboxylic acids is 2. The number of hydrogen-bond donors (Lipinski definition) is 5. The number of carbonyl (C=O) groups is 2. The zero-order chi connectivity index (χ0) is 24.3. The molecule has 0 aliphatic heterocycles. The summed E-state index contributed by atoms with van der Waals surface area (Å²) in [5.41, 5.74) is 17.3. The van der Waals surface area contributed by atoms with Gasteiger partial charge in [0.25, 0.3) is 5.69 Å². The Morgan fingerprint density at radius 1 is 1.19 bits per heavy atom. The molecule has 172 valence electrons. The molecule has 0 unspecified atom stereocenters. The van der Waals surface area contributed by atoms with Gasteiger partial charge in [0.2, 0.25) is 0 Å². The lowest BCUT2D eigenvalue weighted by Crippen LogP contribution is -2.31. The lowest BCUT2D eigenvalue weighted by molar-refractivity contribution is -0.384. The van der Waals surface area contributed by atoms with E-state index in [-0.39, 0.29) is 35.3 Å². The molecule has 0 aromatic heterocycles. The minimum atomic E-state index is -0.953. The number of nitrogens with two attached hydrogens (primary N) is 3. The molecule has 0 aliphatic rings. The summed E-state index contributed by atoms with van der Waals surface area (Å²) in [5.74, 6) is -1.31. The van der Waals surface area contributed by atoms with E-state index in [1.54, 1.807) is 6.92 Å². The maximum absolute atomic E-state index is 12.4. The van der Waals surface area contributed by atoms with Gasteiger partial charge < -0.3 is 32.0 Å². The Balaban J connectivity index is 3.16. The summed E-state index contributed by atoms with van der Waals surface area (Å²) in [5, 5.41) is 15.9. The van der Waals surface area contributed by atoms with Gasteiger partial charge in [0.05, 0.1) is 18.6 Å². The molecule has 32 heavy (non-hydrogen) atoms. The number of urea groups is 1. The summed E-state index contributed by atoms with van der Waals surface area (Å²) >= 11 is 0. The predicted molar refractivity (Wildman–Crippen MR) is 118 cm³/mol. The highest BCUT2D eigenvalue weighted by atomic mass is 16.6. The Hall–Kier alpha value is -4.55. The minimum absolute atomic E-state index is 0.0512. The van der Waals surface area contributed by atoms with Crippen molar-refractivity contribution in [3.05, 3.63) is 69.5 Å². The number of non-ortho nitro benzene ring substituents is 1. The van der Waals surface area contributed by atoms with Crippen molar-refractivity contribution >= 4 is 29.2 Å². The molecule has 1 aromatic carbocycles. The second-order valence-electron chi connectivity index (χ2n) is 5.97. The quantitative estimate of drug-likeness (QED) is 0.0532. The minimum Gasteiger partial charge on any atom is -0.483 e. The molecule has 0 heterocycles. The Kier molecular flexibility index (Phi) is 9.73. The van der Waals surface area contributed by atoms with Gasteiger partial charge >= 0.3 is 12.0 Å². The number of anilines is 1. The van der Waals surface area contributed by atoms with Gasteiger partial charge in [-0.1, -0.05) is 0 Å². The van der Waals surface area contributed by atoms with Crippen molar-refractivity contribution in [2.75, 3.05) is 19.0 Å². The summed E-state index contributed by atoms with van der Waals surface area (Å²) in [6, 6.07) is 4.49. The Bertz CT molecular complexity index is 980. The topological polar surface area (TPSA) is 210 Å². The molecule has 0 bridgehead atoms. The molecule has 0 fully saturated rings. The molecule has 0 saturated carbocycles. The third kappa shape index (κ3) is 8.06. The zero-order valence-electron chi connectivity index (χ0n) is 17.7. The average molecular weight is 447 g/mol. The van der Waals surface area contributed by atoms with Crippen LogP contribution in [0.25, 0.3) is 0 Å². The van der Waals surface area contributed by atoms with E-state index in [1.807, 2.05) is 0 Å². The molecular weight excluding hydrogens is 422 g/mol. The molecule has 0 radical (unpaired) electrons. The first-order valence-corrected chi connectivity index (χ1v) is 9.10. The SMILES string of the molecule is CCOC(=O)C(/C(N)=N/C(=O)N/C(N)=C/C=C(\N)OC)=C(\C)Nc1ccc([N+](=O)[O-])cc1. The molecule has 2 amide bonds. The number of rotatable bonds is 9. The molecule has 8 N–H and O–H groups in total. The van der Waals surface area contributed by atoms with Crippen LogP contribution in [-0.4, -0.2) is 36.5 Å². The first kappa shape index (κ1) is 25.5. The smallest absolute Gasteiger partial charge is 0.348 e. The number of nitro groups is 1. The molecule has 0 spiro atoms.